The van der Waals surface area contributed by atoms with Crippen LogP contribution in [0.25, 0.3) is 10.2 Å². The second-order valence-corrected chi connectivity index (χ2v) is 7.01. The number of thioether (sulfide) groups is 1. The topological polar surface area (TPSA) is 92.2 Å². The quantitative estimate of drug-likeness (QED) is 0.624. The van der Waals surface area contributed by atoms with Gasteiger partial charge in [-0.05, 0) is 19.9 Å². The van der Waals surface area contributed by atoms with Crippen molar-refractivity contribution in [3.8, 4) is 0 Å². The Morgan fingerprint density at radius 1 is 1.48 bits per heavy atom. The smallest absolute Gasteiger partial charge is 0.305 e. The molecule has 1 atom stereocenters. The molecule has 0 spiro atoms. The summed E-state index contributed by atoms with van der Waals surface area (Å²) in [6.45, 7) is 3.91. The summed E-state index contributed by atoms with van der Waals surface area (Å²) in [6, 6.07) is 2.01. The number of nitrogens with one attached hydrogen (secondary N) is 1. The van der Waals surface area contributed by atoms with Crippen LogP contribution in [-0.2, 0) is 9.59 Å². The Balaban J connectivity index is 2.02. The first-order valence-corrected chi connectivity index (χ1v) is 8.04. The van der Waals surface area contributed by atoms with Gasteiger partial charge in [-0.3, -0.25) is 9.59 Å². The normalized spacial score (nSPS) is 12.3. The Morgan fingerprint density at radius 3 is 2.95 bits per heavy atom. The van der Waals surface area contributed by atoms with E-state index in [0.29, 0.717) is 0 Å². The molecule has 2 N–H and O–H groups in total. The zero-order chi connectivity index (χ0) is 15.4. The molecule has 0 fully saturated rings. The highest BCUT2D eigenvalue weighted by molar-refractivity contribution is 8.00. The molecular weight excluding hydrogens is 310 g/mol. The fourth-order valence-electron chi connectivity index (χ4n) is 1.71. The number of nitrogens with zero attached hydrogens (tertiary/aromatic N) is 2. The van der Waals surface area contributed by atoms with Gasteiger partial charge in [-0.15, -0.1) is 11.3 Å². The first kappa shape index (κ1) is 15.7. The zero-order valence-corrected chi connectivity index (χ0v) is 13.3. The maximum absolute atomic E-state index is 11.9. The van der Waals surface area contributed by atoms with Crippen molar-refractivity contribution >= 4 is 45.2 Å². The number of carboxylic acid groups (broad SMARTS) is 1. The largest absolute Gasteiger partial charge is 0.481 e. The zero-order valence-electron chi connectivity index (χ0n) is 11.6. The monoisotopic (exact) mass is 325 g/mol. The molecular formula is C13H15N3O3S2. The fraction of sp³-hybridized carbons (Fsp3) is 0.385. The molecule has 0 saturated heterocycles. The molecule has 2 aromatic rings. The molecule has 8 heteroatoms. The number of thiophene rings is 1. The van der Waals surface area contributed by atoms with Crippen molar-refractivity contribution in [2.75, 3.05) is 6.54 Å². The van der Waals surface area contributed by atoms with Crippen LogP contribution < -0.4 is 5.32 Å². The van der Waals surface area contributed by atoms with E-state index < -0.39 is 5.97 Å². The average molecular weight is 325 g/mol. The predicted octanol–water partition coefficient (Wildman–Crippen LogP) is 2.07. The molecule has 1 amide bonds. The third-order valence-electron chi connectivity index (χ3n) is 2.71. The van der Waals surface area contributed by atoms with Crippen LogP contribution in [0.4, 0.5) is 0 Å². The highest BCUT2D eigenvalue weighted by atomic mass is 32.2. The van der Waals surface area contributed by atoms with Crippen LogP contribution >= 0.6 is 23.1 Å². The van der Waals surface area contributed by atoms with Gasteiger partial charge in [-0.2, -0.15) is 0 Å². The summed E-state index contributed by atoms with van der Waals surface area (Å²) < 4.78 is 0. The minimum atomic E-state index is -0.929. The van der Waals surface area contributed by atoms with Crippen molar-refractivity contribution in [1.82, 2.24) is 15.3 Å². The lowest BCUT2D eigenvalue weighted by Crippen LogP contribution is -2.32. The molecule has 0 aliphatic carbocycles. The van der Waals surface area contributed by atoms with Gasteiger partial charge in [0, 0.05) is 16.8 Å². The summed E-state index contributed by atoms with van der Waals surface area (Å²) in [7, 11) is 0. The number of hydrogen-bond acceptors (Lipinski definition) is 6. The SMILES string of the molecule is Cc1cc2c(SC(C)C(=O)NCCC(=O)O)ncnc2s1. The van der Waals surface area contributed by atoms with Gasteiger partial charge in [0.2, 0.25) is 5.91 Å². The maximum atomic E-state index is 11.9. The van der Waals surface area contributed by atoms with Crippen LogP contribution in [0.5, 0.6) is 0 Å². The number of aryl methyl sites for hydroxylation is 1. The van der Waals surface area contributed by atoms with Gasteiger partial charge >= 0.3 is 5.97 Å². The Labute approximate surface area is 130 Å². The van der Waals surface area contributed by atoms with Gasteiger partial charge in [0.1, 0.15) is 16.2 Å². The maximum Gasteiger partial charge on any atom is 0.305 e. The van der Waals surface area contributed by atoms with Gasteiger partial charge in [-0.25, -0.2) is 9.97 Å². The second kappa shape index (κ2) is 6.86. The summed E-state index contributed by atoms with van der Waals surface area (Å²) in [5.74, 6) is -1.12. The number of fused-ring (bicyclic) bond motifs is 1. The Morgan fingerprint density at radius 2 is 2.24 bits per heavy atom. The molecule has 0 saturated carbocycles. The number of carbonyl (C=O) groups excluding carboxylic acids is 1. The van der Waals surface area contributed by atoms with Crippen LogP contribution in [0.1, 0.15) is 18.2 Å². The molecule has 1 unspecified atom stereocenters. The molecule has 0 aliphatic rings. The van der Waals surface area contributed by atoms with Crippen LogP contribution in [0.3, 0.4) is 0 Å². The van der Waals surface area contributed by atoms with Crippen LogP contribution in [-0.4, -0.2) is 38.7 Å². The molecule has 112 valence electrons. The van der Waals surface area contributed by atoms with Crippen molar-refractivity contribution in [3.63, 3.8) is 0 Å². The number of aliphatic carboxylic acids is 1. The number of hydrogen-bond donors (Lipinski definition) is 2. The number of rotatable bonds is 6. The highest BCUT2D eigenvalue weighted by Gasteiger charge is 2.17. The molecule has 2 rings (SSSR count). The van der Waals surface area contributed by atoms with Gasteiger partial charge in [0.25, 0.3) is 0 Å². The van der Waals surface area contributed by atoms with E-state index in [9.17, 15) is 9.59 Å². The van der Waals surface area contributed by atoms with Crippen LogP contribution in [0.15, 0.2) is 17.4 Å². The summed E-state index contributed by atoms with van der Waals surface area (Å²) in [5, 5.41) is 12.5. The third-order valence-corrected chi connectivity index (χ3v) is 4.79. The van der Waals surface area contributed by atoms with E-state index in [1.807, 2.05) is 13.0 Å². The predicted molar refractivity (Wildman–Crippen MR) is 82.7 cm³/mol. The van der Waals surface area contributed by atoms with Crippen molar-refractivity contribution in [3.05, 3.63) is 17.3 Å². The highest BCUT2D eigenvalue weighted by Crippen LogP contribution is 2.32. The molecule has 0 radical (unpaired) electrons. The van der Waals surface area contributed by atoms with E-state index in [2.05, 4.69) is 15.3 Å². The lowest BCUT2D eigenvalue weighted by Gasteiger charge is -2.11. The molecule has 0 aromatic carbocycles. The van der Waals surface area contributed by atoms with Crippen molar-refractivity contribution < 1.29 is 14.7 Å². The van der Waals surface area contributed by atoms with Gasteiger partial charge in [0.15, 0.2) is 0 Å². The molecule has 0 bridgehead atoms. The molecule has 6 nitrogen and oxygen atoms in total. The second-order valence-electron chi connectivity index (χ2n) is 4.45. The van der Waals surface area contributed by atoms with E-state index in [1.165, 1.54) is 18.1 Å². The van der Waals surface area contributed by atoms with Crippen molar-refractivity contribution in [2.45, 2.75) is 30.5 Å². The number of carboxylic acids is 1. The van der Waals surface area contributed by atoms with Gasteiger partial charge < -0.3 is 10.4 Å². The standard InChI is InChI=1S/C13H15N3O3S2/c1-7-5-9-12(20-7)15-6-16-13(9)21-8(2)11(19)14-4-3-10(17)18/h5-6,8H,3-4H2,1-2H3,(H,14,19)(H,17,18). The van der Waals surface area contributed by atoms with Crippen molar-refractivity contribution in [2.24, 2.45) is 0 Å². The minimum absolute atomic E-state index is 0.0788. The van der Waals surface area contributed by atoms with Gasteiger partial charge in [-0.1, -0.05) is 11.8 Å². The Kier molecular flexibility index (Phi) is 5.13. The molecule has 21 heavy (non-hydrogen) atoms. The van der Waals surface area contributed by atoms with E-state index in [-0.39, 0.29) is 24.1 Å². The summed E-state index contributed by atoms with van der Waals surface area (Å²) >= 11 is 2.94. The van der Waals surface area contributed by atoms with Crippen LogP contribution in [0, 0.1) is 6.92 Å². The van der Waals surface area contributed by atoms with E-state index in [4.69, 9.17) is 5.11 Å². The number of amides is 1. The number of carbonyl (C=O) groups is 2. The lowest BCUT2D eigenvalue weighted by atomic mass is 10.4. The summed E-state index contributed by atoms with van der Waals surface area (Å²) in [5.41, 5.74) is 0. The molecule has 0 aliphatic heterocycles. The van der Waals surface area contributed by atoms with E-state index >= 15 is 0 Å². The fourth-order valence-corrected chi connectivity index (χ4v) is 3.53. The first-order chi connectivity index (χ1) is 9.97. The summed E-state index contributed by atoms with van der Waals surface area (Å²) in [4.78, 5) is 32.8. The van der Waals surface area contributed by atoms with Crippen molar-refractivity contribution in [1.29, 1.82) is 0 Å². The Hall–Kier alpha value is -1.67. The number of aromatic nitrogens is 2. The average Bonchev–Trinajstić information content (AvgIpc) is 2.79. The van der Waals surface area contributed by atoms with E-state index in [0.717, 1.165) is 20.1 Å². The molecule has 2 aromatic heterocycles. The van der Waals surface area contributed by atoms with E-state index in [1.54, 1.807) is 18.3 Å². The first-order valence-electron chi connectivity index (χ1n) is 6.34. The minimum Gasteiger partial charge on any atom is -0.481 e. The summed E-state index contributed by atoms with van der Waals surface area (Å²) in [6.07, 6.45) is 1.42. The lowest BCUT2D eigenvalue weighted by molar-refractivity contribution is -0.136. The molecule has 2 heterocycles. The van der Waals surface area contributed by atoms with Gasteiger partial charge in [0.05, 0.1) is 11.7 Å². The third kappa shape index (κ3) is 4.15. The Bertz CT molecular complexity index is 672. The van der Waals surface area contributed by atoms with Crippen LogP contribution in [0.2, 0.25) is 0 Å².